The number of nitrogens with one attached hydrogen (secondary N) is 1. The fourth-order valence-electron chi connectivity index (χ4n) is 1.74. The number of aromatic nitrogens is 1. The van der Waals surface area contributed by atoms with Gasteiger partial charge in [-0.1, -0.05) is 11.6 Å². The Kier molecular flexibility index (Phi) is 5.80. The molecule has 2 rings (SSSR count). The van der Waals surface area contributed by atoms with Crippen molar-refractivity contribution in [2.45, 2.75) is 6.42 Å². The predicted molar refractivity (Wildman–Crippen MR) is 78.8 cm³/mol. The highest BCUT2D eigenvalue weighted by molar-refractivity contribution is 6.30. The molecule has 1 heterocycles. The van der Waals surface area contributed by atoms with Gasteiger partial charge in [0.2, 0.25) is 0 Å². The molecule has 0 atom stereocenters. The van der Waals surface area contributed by atoms with Crippen LogP contribution in [0.2, 0.25) is 5.02 Å². The van der Waals surface area contributed by atoms with Crippen LogP contribution in [-0.2, 0) is 16.0 Å². The fourth-order valence-corrected chi connectivity index (χ4v) is 1.85. The molecule has 2 aromatic rings. The van der Waals surface area contributed by atoms with Crippen molar-refractivity contribution >= 4 is 23.3 Å². The van der Waals surface area contributed by atoms with Crippen molar-refractivity contribution in [1.82, 2.24) is 4.98 Å². The van der Waals surface area contributed by atoms with Crippen molar-refractivity contribution < 1.29 is 18.3 Å². The molecule has 0 saturated heterocycles. The summed E-state index contributed by atoms with van der Waals surface area (Å²) in [6.07, 6.45) is 1.72. The van der Waals surface area contributed by atoms with E-state index in [9.17, 15) is 13.6 Å². The molecule has 0 aliphatic carbocycles. The van der Waals surface area contributed by atoms with E-state index >= 15 is 0 Å². The average molecular weight is 327 g/mol. The molecular formula is C15H13ClF2N2O2. The van der Waals surface area contributed by atoms with Gasteiger partial charge in [-0.3, -0.25) is 4.79 Å². The number of benzene rings is 1. The minimum absolute atomic E-state index is 0.171. The summed E-state index contributed by atoms with van der Waals surface area (Å²) in [4.78, 5) is 15.5. The molecule has 0 fully saturated rings. The molecule has 0 unspecified atom stereocenters. The maximum Gasteiger partial charge on any atom is 0.251 e. The fraction of sp³-hybridized carbons (Fsp3) is 0.200. The van der Waals surface area contributed by atoms with Crippen LogP contribution in [0.1, 0.15) is 5.56 Å². The third-order valence-corrected chi connectivity index (χ3v) is 2.91. The van der Waals surface area contributed by atoms with E-state index in [4.69, 9.17) is 16.3 Å². The Labute approximate surface area is 131 Å². The van der Waals surface area contributed by atoms with Gasteiger partial charge in [-0.25, -0.2) is 13.8 Å². The third kappa shape index (κ3) is 5.38. The summed E-state index contributed by atoms with van der Waals surface area (Å²) in [7, 11) is 0. The van der Waals surface area contributed by atoms with E-state index in [1.165, 1.54) is 18.3 Å². The Balaban J connectivity index is 1.71. The molecule has 0 aliphatic rings. The zero-order chi connectivity index (χ0) is 15.9. The summed E-state index contributed by atoms with van der Waals surface area (Å²) in [5.41, 5.74) is 0.470. The van der Waals surface area contributed by atoms with Gasteiger partial charge in [0, 0.05) is 12.3 Å². The second kappa shape index (κ2) is 7.82. The van der Waals surface area contributed by atoms with Gasteiger partial charge < -0.3 is 10.1 Å². The quantitative estimate of drug-likeness (QED) is 0.829. The van der Waals surface area contributed by atoms with E-state index in [2.05, 4.69) is 10.3 Å². The second-order valence-corrected chi connectivity index (χ2v) is 4.93. The first-order valence-corrected chi connectivity index (χ1v) is 6.85. The summed E-state index contributed by atoms with van der Waals surface area (Å²) in [5, 5.41) is 3.00. The molecule has 0 spiro atoms. The summed E-state index contributed by atoms with van der Waals surface area (Å²) in [6, 6.07) is 6.42. The van der Waals surface area contributed by atoms with Crippen LogP contribution in [0.15, 0.2) is 36.5 Å². The largest absolute Gasteiger partial charge is 0.371 e. The Morgan fingerprint density at radius 1 is 1.23 bits per heavy atom. The number of anilines is 1. The van der Waals surface area contributed by atoms with E-state index in [0.29, 0.717) is 22.8 Å². The number of nitrogens with zero attached hydrogens (tertiary/aromatic N) is 1. The van der Waals surface area contributed by atoms with Crippen molar-refractivity contribution in [3.8, 4) is 0 Å². The lowest BCUT2D eigenvalue weighted by atomic mass is 10.1. The molecule has 1 aromatic carbocycles. The average Bonchev–Trinajstić information content (AvgIpc) is 2.45. The second-order valence-electron chi connectivity index (χ2n) is 4.49. The minimum Gasteiger partial charge on any atom is -0.371 e. The topological polar surface area (TPSA) is 51.2 Å². The van der Waals surface area contributed by atoms with Crippen molar-refractivity contribution in [2.75, 3.05) is 18.5 Å². The van der Waals surface area contributed by atoms with Gasteiger partial charge in [0.1, 0.15) is 24.1 Å². The van der Waals surface area contributed by atoms with E-state index in [1.54, 1.807) is 12.1 Å². The number of hydrogen-bond donors (Lipinski definition) is 1. The molecule has 116 valence electrons. The number of carbonyl (C=O) groups is 1. The van der Waals surface area contributed by atoms with Crippen LogP contribution in [-0.4, -0.2) is 24.1 Å². The lowest BCUT2D eigenvalue weighted by Crippen LogP contribution is -2.19. The van der Waals surface area contributed by atoms with Crippen LogP contribution in [0.3, 0.4) is 0 Å². The summed E-state index contributed by atoms with van der Waals surface area (Å²) < 4.78 is 31.1. The molecule has 7 heteroatoms. The monoisotopic (exact) mass is 326 g/mol. The number of pyridine rings is 1. The highest BCUT2D eigenvalue weighted by Crippen LogP contribution is 2.10. The molecule has 1 aromatic heterocycles. The lowest BCUT2D eigenvalue weighted by Gasteiger charge is -2.06. The Morgan fingerprint density at radius 3 is 2.59 bits per heavy atom. The van der Waals surface area contributed by atoms with Gasteiger partial charge in [-0.05, 0) is 36.2 Å². The zero-order valence-electron chi connectivity index (χ0n) is 11.5. The Morgan fingerprint density at radius 2 is 1.95 bits per heavy atom. The van der Waals surface area contributed by atoms with E-state index < -0.39 is 11.6 Å². The molecule has 1 amide bonds. The van der Waals surface area contributed by atoms with Crippen molar-refractivity contribution in [3.05, 3.63) is 58.7 Å². The molecule has 0 radical (unpaired) electrons. The first kappa shape index (κ1) is 16.3. The highest BCUT2D eigenvalue weighted by atomic mass is 35.5. The number of hydrogen-bond acceptors (Lipinski definition) is 3. The molecule has 1 N–H and O–H groups in total. The van der Waals surface area contributed by atoms with E-state index in [1.807, 2.05) is 0 Å². The minimum atomic E-state index is -0.637. The summed E-state index contributed by atoms with van der Waals surface area (Å²) >= 11 is 5.68. The van der Waals surface area contributed by atoms with Crippen LogP contribution in [0.25, 0.3) is 0 Å². The third-order valence-electron chi connectivity index (χ3n) is 2.69. The van der Waals surface area contributed by atoms with E-state index in [0.717, 1.165) is 6.07 Å². The zero-order valence-corrected chi connectivity index (χ0v) is 12.2. The van der Waals surface area contributed by atoms with Gasteiger partial charge in [0.25, 0.3) is 5.91 Å². The van der Waals surface area contributed by atoms with Gasteiger partial charge in [0.05, 0.1) is 11.6 Å². The normalized spacial score (nSPS) is 10.5. The predicted octanol–water partition coefficient (Wildman–Crippen LogP) is 3.21. The number of halogens is 3. The number of rotatable bonds is 6. The van der Waals surface area contributed by atoms with Crippen molar-refractivity contribution in [2.24, 2.45) is 0 Å². The van der Waals surface area contributed by atoms with Crippen LogP contribution in [0.4, 0.5) is 14.6 Å². The van der Waals surface area contributed by atoms with Crippen molar-refractivity contribution in [1.29, 1.82) is 0 Å². The molecule has 0 bridgehead atoms. The first-order valence-electron chi connectivity index (χ1n) is 6.47. The number of amides is 1. The van der Waals surface area contributed by atoms with Gasteiger partial charge in [0.15, 0.2) is 0 Å². The van der Waals surface area contributed by atoms with Gasteiger partial charge in [-0.2, -0.15) is 0 Å². The number of ether oxygens (including phenoxy) is 1. The van der Waals surface area contributed by atoms with Gasteiger partial charge in [-0.15, -0.1) is 0 Å². The van der Waals surface area contributed by atoms with Crippen molar-refractivity contribution in [3.63, 3.8) is 0 Å². The van der Waals surface area contributed by atoms with Crippen LogP contribution < -0.4 is 5.32 Å². The molecule has 22 heavy (non-hydrogen) atoms. The van der Waals surface area contributed by atoms with Crippen LogP contribution in [0, 0.1) is 11.6 Å². The lowest BCUT2D eigenvalue weighted by molar-refractivity contribution is -0.120. The highest BCUT2D eigenvalue weighted by Gasteiger charge is 2.05. The summed E-state index contributed by atoms with van der Waals surface area (Å²) in [5.74, 6) is -1.28. The first-order chi connectivity index (χ1) is 10.5. The number of carbonyl (C=O) groups excluding carboxylic acids is 1. The SMILES string of the molecule is O=C(COCCc1cc(F)cc(F)c1)Nc1ccc(Cl)cn1. The van der Waals surface area contributed by atoms with E-state index in [-0.39, 0.29) is 19.1 Å². The Hall–Kier alpha value is -2.05. The van der Waals surface area contributed by atoms with Crippen LogP contribution in [0.5, 0.6) is 0 Å². The molecule has 0 saturated carbocycles. The Bertz CT molecular complexity index is 630. The standard InChI is InChI=1S/C15H13ClF2N2O2/c16-11-1-2-14(19-8-11)20-15(21)9-22-4-3-10-5-12(17)7-13(18)6-10/h1-2,5-8H,3-4,9H2,(H,19,20,21). The molecule has 0 aliphatic heterocycles. The molecular weight excluding hydrogens is 314 g/mol. The molecule has 4 nitrogen and oxygen atoms in total. The summed E-state index contributed by atoms with van der Waals surface area (Å²) in [6.45, 7) is -0.00748. The smallest absolute Gasteiger partial charge is 0.251 e. The maximum absolute atomic E-state index is 13.0. The maximum atomic E-state index is 13.0. The van der Waals surface area contributed by atoms with Crippen LogP contribution >= 0.6 is 11.6 Å². The van der Waals surface area contributed by atoms with Gasteiger partial charge >= 0.3 is 0 Å².